The first kappa shape index (κ1) is 28.4. The summed E-state index contributed by atoms with van der Waals surface area (Å²) in [6, 6.07) is 4.67. The van der Waals surface area contributed by atoms with E-state index in [2.05, 4.69) is 42.0 Å². The van der Waals surface area contributed by atoms with Crippen LogP contribution in [0.15, 0.2) is 18.2 Å². The number of anilines is 4. The van der Waals surface area contributed by atoms with Gasteiger partial charge in [0.25, 0.3) is 0 Å². The van der Waals surface area contributed by atoms with Crippen LogP contribution in [-0.2, 0) is 9.09 Å². The van der Waals surface area contributed by atoms with E-state index in [4.69, 9.17) is 19.5 Å². The second-order valence-corrected chi connectivity index (χ2v) is 11.2. The standard InChI is InChI=1S/C24H37FN7O5P/c1-31-13-11-19(12-14-31)32(2)24-29-22(26-17-7-5-3-4-6-8-17)28-23(30-24)27-18-9-10-21(20(25)15-18)36-16-37-38(33,34)35/h9-10,15,17,19H,3-8,11-14,16H2,1-2H3,(H2,33,34,35)(H2,26,27,28,29,30). The molecule has 1 saturated heterocycles. The third-order valence-electron chi connectivity index (χ3n) is 6.99. The van der Waals surface area contributed by atoms with Crippen molar-refractivity contribution in [3.63, 3.8) is 0 Å². The highest BCUT2D eigenvalue weighted by Gasteiger charge is 2.24. The summed E-state index contributed by atoms with van der Waals surface area (Å²) >= 11 is 0. The fourth-order valence-electron chi connectivity index (χ4n) is 4.78. The van der Waals surface area contributed by atoms with Gasteiger partial charge in [-0.3, -0.25) is 0 Å². The minimum Gasteiger partial charge on any atom is -0.464 e. The molecule has 38 heavy (non-hydrogen) atoms. The zero-order valence-electron chi connectivity index (χ0n) is 21.8. The normalized spacial score (nSPS) is 18.1. The topological polar surface area (TPSA) is 145 Å². The summed E-state index contributed by atoms with van der Waals surface area (Å²) < 4.78 is 34.6. The third-order valence-corrected chi connectivity index (χ3v) is 7.43. The summed E-state index contributed by atoms with van der Waals surface area (Å²) in [7, 11) is -0.598. The maximum Gasteiger partial charge on any atom is 0.472 e. The Bertz CT molecular complexity index is 1110. The smallest absolute Gasteiger partial charge is 0.464 e. The van der Waals surface area contributed by atoms with Crippen LogP contribution in [0.2, 0.25) is 0 Å². The zero-order valence-corrected chi connectivity index (χ0v) is 22.7. The number of phosphoric acid groups is 1. The van der Waals surface area contributed by atoms with Crippen molar-refractivity contribution in [2.45, 2.75) is 63.5 Å². The van der Waals surface area contributed by atoms with E-state index in [0.717, 1.165) is 38.8 Å². The van der Waals surface area contributed by atoms with Crippen molar-refractivity contribution in [1.82, 2.24) is 19.9 Å². The largest absolute Gasteiger partial charge is 0.472 e. The molecule has 2 aliphatic rings. The lowest BCUT2D eigenvalue weighted by Crippen LogP contribution is -2.42. The lowest BCUT2D eigenvalue weighted by atomic mass is 10.0. The molecule has 1 aromatic carbocycles. The van der Waals surface area contributed by atoms with E-state index in [-0.39, 0.29) is 11.7 Å². The van der Waals surface area contributed by atoms with E-state index in [1.165, 1.54) is 37.8 Å². The van der Waals surface area contributed by atoms with E-state index in [1.54, 1.807) is 6.07 Å². The number of nitrogens with zero attached hydrogens (tertiary/aromatic N) is 5. The van der Waals surface area contributed by atoms with Crippen LogP contribution >= 0.6 is 7.82 Å². The van der Waals surface area contributed by atoms with Crippen molar-refractivity contribution in [3.05, 3.63) is 24.0 Å². The van der Waals surface area contributed by atoms with Crippen LogP contribution in [0.3, 0.4) is 0 Å². The molecule has 12 nitrogen and oxygen atoms in total. The Morgan fingerprint density at radius 3 is 2.42 bits per heavy atom. The molecular formula is C24H37FN7O5P. The van der Waals surface area contributed by atoms with E-state index in [9.17, 15) is 8.96 Å². The van der Waals surface area contributed by atoms with Gasteiger partial charge in [-0.1, -0.05) is 25.7 Å². The molecule has 0 spiro atoms. The average molecular weight is 554 g/mol. The number of hydrogen-bond acceptors (Lipinski definition) is 10. The Hall–Kier alpha value is -2.57. The number of piperidine rings is 1. The van der Waals surface area contributed by atoms with Gasteiger partial charge in [0.2, 0.25) is 24.6 Å². The van der Waals surface area contributed by atoms with Crippen molar-refractivity contribution < 1.29 is 28.0 Å². The predicted octanol–water partition coefficient (Wildman–Crippen LogP) is 3.87. The van der Waals surface area contributed by atoms with Gasteiger partial charge in [-0.25, -0.2) is 13.5 Å². The van der Waals surface area contributed by atoms with Gasteiger partial charge < -0.3 is 35.0 Å². The molecule has 0 bridgehead atoms. The molecule has 1 aromatic heterocycles. The van der Waals surface area contributed by atoms with Gasteiger partial charge in [-0.15, -0.1) is 0 Å². The van der Waals surface area contributed by atoms with E-state index >= 15 is 0 Å². The number of ether oxygens (including phenoxy) is 1. The maximum absolute atomic E-state index is 14.6. The first-order valence-electron chi connectivity index (χ1n) is 13.0. The summed E-state index contributed by atoms with van der Waals surface area (Å²) in [6.07, 6.45) is 8.95. The fraction of sp³-hybridized carbons (Fsp3) is 0.625. The first-order chi connectivity index (χ1) is 18.2. The molecule has 14 heteroatoms. The number of nitrogens with one attached hydrogen (secondary N) is 2. The van der Waals surface area contributed by atoms with E-state index < -0.39 is 20.4 Å². The lowest BCUT2D eigenvalue weighted by molar-refractivity contribution is 0.0798. The van der Waals surface area contributed by atoms with Gasteiger partial charge >= 0.3 is 7.82 Å². The molecule has 0 amide bonds. The first-order valence-corrected chi connectivity index (χ1v) is 14.5. The summed E-state index contributed by atoms with van der Waals surface area (Å²) in [5.41, 5.74) is 0.380. The second-order valence-electron chi connectivity index (χ2n) is 9.91. The van der Waals surface area contributed by atoms with Crippen molar-refractivity contribution >= 4 is 31.4 Å². The number of likely N-dealkylation sites (tertiary alicyclic amines) is 1. The Morgan fingerprint density at radius 2 is 1.76 bits per heavy atom. The van der Waals surface area contributed by atoms with Gasteiger partial charge in [0.05, 0.1) is 0 Å². The monoisotopic (exact) mass is 553 g/mol. The average Bonchev–Trinajstić information content (AvgIpc) is 3.13. The molecule has 1 aliphatic carbocycles. The quantitative estimate of drug-likeness (QED) is 0.193. The molecule has 210 valence electrons. The van der Waals surface area contributed by atoms with Crippen molar-refractivity contribution in [1.29, 1.82) is 0 Å². The molecule has 1 saturated carbocycles. The lowest BCUT2D eigenvalue weighted by Gasteiger charge is -2.35. The van der Waals surface area contributed by atoms with Crippen LogP contribution in [0, 0.1) is 5.82 Å². The Balaban J connectivity index is 1.52. The number of aromatic nitrogens is 3. The molecule has 2 heterocycles. The van der Waals surface area contributed by atoms with Crippen LogP contribution in [0.1, 0.15) is 51.4 Å². The van der Waals surface area contributed by atoms with Gasteiger partial charge in [0.15, 0.2) is 11.6 Å². The van der Waals surface area contributed by atoms with Crippen molar-refractivity contribution in [2.24, 2.45) is 0 Å². The SMILES string of the molecule is CN1CCC(N(C)c2nc(Nc3ccc(OCOP(=O)(O)O)c(F)c3)nc(NC3CCCCCC3)n2)CC1. The van der Waals surface area contributed by atoms with Crippen LogP contribution in [0.4, 0.5) is 27.9 Å². The molecule has 1 aliphatic heterocycles. The molecule has 4 rings (SSSR count). The van der Waals surface area contributed by atoms with E-state index in [1.807, 2.05) is 7.05 Å². The number of rotatable bonds is 10. The fourth-order valence-corrected chi connectivity index (χ4v) is 4.97. The Morgan fingerprint density at radius 1 is 1.08 bits per heavy atom. The van der Waals surface area contributed by atoms with Gasteiger partial charge in [0, 0.05) is 30.9 Å². The second kappa shape index (κ2) is 13.0. The van der Waals surface area contributed by atoms with Crippen molar-refractivity contribution in [2.75, 3.05) is 49.5 Å². The molecule has 4 N–H and O–H groups in total. The predicted molar refractivity (Wildman–Crippen MR) is 142 cm³/mol. The number of benzene rings is 1. The van der Waals surface area contributed by atoms with E-state index in [0.29, 0.717) is 29.7 Å². The molecule has 0 radical (unpaired) electrons. The third kappa shape index (κ3) is 8.47. The van der Waals surface area contributed by atoms with Crippen LogP contribution < -0.4 is 20.3 Å². The molecule has 0 unspecified atom stereocenters. The highest BCUT2D eigenvalue weighted by Crippen LogP contribution is 2.36. The summed E-state index contributed by atoms with van der Waals surface area (Å²) in [6.45, 7) is 1.22. The highest BCUT2D eigenvalue weighted by molar-refractivity contribution is 7.46. The Labute approximate surface area is 222 Å². The molecule has 2 aromatic rings. The Kier molecular flexibility index (Phi) is 9.72. The van der Waals surface area contributed by atoms with Crippen LogP contribution in [-0.4, -0.2) is 75.7 Å². The molecular weight excluding hydrogens is 516 g/mol. The maximum atomic E-state index is 14.6. The number of hydrogen-bond donors (Lipinski definition) is 4. The number of phosphoric ester groups is 1. The minimum atomic E-state index is -4.72. The van der Waals surface area contributed by atoms with Gasteiger partial charge in [-0.05, 0) is 58.0 Å². The summed E-state index contributed by atoms with van der Waals surface area (Å²) in [5, 5.41) is 6.56. The van der Waals surface area contributed by atoms with Crippen LogP contribution in [0.25, 0.3) is 0 Å². The summed E-state index contributed by atoms with van der Waals surface area (Å²) in [4.78, 5) is 35.9. The van der Waals surface area contributed by atoms with Gasteiger partial charge in [0.1, 0.15) is 0 Å². The minimum absolute atomic E-state index is 0.210. The zero-order chi connectivity index (χ0) is 27.1. The number of halogens is 1. The van der Waals surface area contributed by atoms with Crippen molar-refractivity contribution in [3.8, 4) is 5.75 Å². The molecule has 0 atom stereocenters. The van der Waals surface area contributed by atoms with Gasteiger partial charge in [-0.2, -0.15) is 15.0 Å². The molecule has 2 fully saturated rings. The highest BCUT2D eigenvalue weighted by atomic mass is 31.2. The van der Waals surface area contributed by atoms with Crippen LogP contribution in [0.5, 0.6) is 5.75 Å². The summed E-state index contributed by atoms with van der Waals surface area (Å²) in [5.74, 6) is 0.364.